The first-order valence-electron chi connectivity index (χ1n) is 7.65. The Bertz CT molecular complexity index is 1090. The molecule has 26 heavy (non-hydrogen) atoms. The van der Waals surface area contributed by atoms with Crippen LogP contribution in [0.4, 0.5) is 5.69 Å². The van der Waals surface area contributed by atoms with Crippen molar-refractivity contribution >= 4 is 21.7 Å². The summed E-state index contributed by atoms with van der Waals surface area (Å²) in [5.41, 5.74) is 4.20. The molecule has 0 amide bonds. The van der Waals surface area contributed by atoms with Crippen LogP contribution < -0.4 is 4.72 Å². The van der Waals surface area contributed by atoms with E-state index in [4.69, 9.17) is 9.52 Å². The van der Waals surface area contributed by atoms with Crippen LogP contribution in [-0.2, 0) is 10.0 Å². The van der Waals surface area contributed by atoms with Gasteiger partial charge in [0, 0.05) is 23.6 Å². The topological polar surface area (TPSA) is 110 Å². The minimum atomic E-state index is -4.02. The first kappa shape index (κ1) is 17.7. The number of hydrogen-bond acceptors (Lipinski definition) is 5. The standard InChI is InChI=1S/C18H16N2O5S/c1-11-7-8-19-10-15(11)14-4-3-13(9-12(14)2)20-26(23,24)17-6-5-16(25-17)18(21)22/h3-10,20H,1-2H3,(H,21,22). The third kappa shape index (κ3) is 3.45. The monoisotopic (exact) mass is 372 g/mol. The van der Waals surface area contributed by atoms with Crippen molar-refractivity contribution in [1.82, 2.24) is 4.98 Å². The number of aromatic nitrogens is 1. The highest BCUT2D eigenvalue weighted by Gasteiger charge is 2.21. The van der Waals surface area contributed by atoms with E-state index in [0.29, 0.717) is 5.69 Å². The highest BCUT2D eigenvalue weighted by Crippen LogP contribution is 2.29. The van der Waals surface area contributed by atoms with Crippen molar-refractivity contribution in [3.05, 3.63) is 65.7 Å². The minimum absolute atomic E-state index is 0.348. The van der Waals surface area contributed by atoms with Crippen LogP contribution in [0.5, 0.6) is 0 Å². The van der Waals surface area contributed by atoms with Crippen LogP contribution in [0, 0.1) is 13.8 Å². The Labute approximate surface area is 150 Å². The van der Waals surface area contributed by atoms with Crippen molar-refractivity contribution in [2.24, 2.45) is 0 Å². The fourth-order valence-electron chi connectivity index (χ4n) is 2.56. The van der Waals surface area contributed by atoms with Gasteiger partial charge in [-0.3, -0.25) is 9.71 Å². The minimum Gasteiger partial charge on any atom is -0.475 e. The Morgan fingerprint density at radius 3 is 2.46 bits per heavy atom. The van der Waals surface area contributed by atoms with Gasteiger partial charge in [0.05, 0.1) is 0 Å². The maximum Gasteiger partial charge on any atom is 0.371 e. The molecule has 0 saturated heterocycles. The summed E-state index contributed by atoms with van der Waals surface area (Å²) in [7, 11) is -4.02. The molecule has 0 atom stereocenters. The molecule has 0 fully saturated rings. The fourth-order valence-corrected chi connectivity index (χ4v) is 3.54. The van der Waals surface area contributed by atoms with Crippen molar-refractivity contribution in [2.75, 3.05) is 4.72 Å². The van der Waals surface area contributed by atoms with Crippen LogP contribution >= 0.6 is 0 Å². The van der Waals surface area contributed by atoms with Gasteiger partial charge in [0.2, 0.25) is 10.9 Å². The molecular weight excluding hydrogens is 356 g/mol. The molecule has 8 heteroatoms. The van der Waals surface area contributed by atoms with Gasteiger partial charge in [0.25, 0.3) is 10.0 Å². The Morgan fingerprint density at radius 2 is 1.85 bits per heavy atom. The van der Waals surface area contributed by atoms with Gasteiger partial charge in [-0.1, -0.05) is 6.07 Å². The second-order valence-electron chi connectivity index (χ2n) is 5.75. The number of carboxylic acid groups (broad SMARTS) is 1. The number of aromatic carboxylic acids is 1. The largest absolute Gasteiger partial charge is 0.475 e. The van der Waals surface area contributed by atoms with Crippen LogP contribution in [0.2, 0.25) is 0 Å². The lowest BCUT2D eigenvalue weighted by Gasteiger charge is -2.12. The molecule has 3 rings (SSSR count). The van der Waals surface area contributed by atoms with Crippen LogP contribution in [0.3, 0.4) is 0 Å². The molecule has 0 spiro atoms. The van der Waals surface area contributed by atoms with Crippen molar-refractivity contribution in [1.29, 1.82) is 0 Å². The van der Waals surface area contributed by atoms with Crippen molar-refractivity contribution < 1.29 is 22.7 Å². The number of anilines is 1. The Hall–Kier alpha value is -3.13. The van der Waals surface area contributed by atoms with Gasteiger partial charge < -0.3 is 9.52 Å². The predicted molar refractivity (Wildman–Crippen MR) is 95.6 cm³/mol. The van der Waals surface area contributed by atoms with E-state index in [1.165, 1.54) is 0 Å². The van der Waals surface area contributed by atoms with Gasteiger partial charge in [0.15, 0.2) is 0 Å². The molecule has 1 aromatic carbocycles. The Morgan fingerprint density at radius 1 is 1.08 bits per heavy atom. The quantitative estimate of drug-likeness (QED) is 0.710. The highest BCUT2D eigenvalue weighted by atomic mass is 32.2. The van der Waals surface area contributed by atoms with Crippen LogP contribution in [-0.4, -0.2) is 24.5 Å². The molecule has 7 nitrogen and oxygen atoms in total. The van der Waals surface area contributed by atoms with Crippen LogP contribution in [0.15, 0.2) is 58.3 Å². The number of aryl methyl sites for hydroxylation is 2. The maximum absolute atomic E-state index is 12.4. The zero-order chi connectivity index (χ0) is 18.9. The van der Waals surface area contributed by atoms with E-state index in [9.17, 15) is 13.2 Å². The van der Waals surface area contributed by atoms with Crippen molar-refractivity contribution in [2.45, 2.75) is 18.9 Å². The Balaban J connectivity index is 1.90. The van der Waals surface area contributed by atoms with Crippen LogP contribution in [0.1, 0.15) is 21.7 Å². The van der Waals surface area contributed by atoms with Gasteiger partial charge in [-0.05, 0) is 60.9 Å². The second kappa shape index (κ2) is 6.64. The molecule has 3 aromatic rings. The fraction of sp³-hybridized carbons (Fsp3) is 0.111. The number of pyridine rings is 1. The van der Waals surface area contributed by atoms with Gasteiger partial charge in [0.1, 0.15) is 0 Å². The summed E-state index contributed by atoms with van der Waals surface area (Å²) in [6, 6.07) is 9.24. The molecule has 2 N–H and O–H groups in total. The Kier molecular flexibility index (Phi) is 4.52. The van der Waals surface area contributed by atoms with E-state index in [2.05, 4.69) is 9.71 Å². The number of carboxylic acids is 1. The molecule has 0 bridgehead atoms. The maximum atomic E-state index is 12.4. The summed E-state index contributed by atoms with van der Waals surface area (Å²) < 4.78 is 32.0. The van der Waals surface area contributed by atoms with Gasteiger partial charge >= 0.3 is 5.97 Å². The summed E-state index contributed by atoms with van der Waals surface area (Å²) >= 11 is 0. The molecule has 0 unspecified atom stereocenters. The van der Waals surface area contributed by atoms with Gasteiger partial charge in [-0.2, -0.15) is 8.42 Å². The zero-order valence-corrected chi connectivity index (χ0v) is 14.9. The normalized spacial score (nSPS) is 11.3. The predicted octanol–water partition coefficient (Wildman–Crippen LogP) is 3.46. The van der Waals surface area contributed by atoms with Crippen molar-refractivity contribution in [3.63, 3.8) is 0 Å². The molecule has 0 aliphatic heterocycles. The molecule has 134 valence electrons. The number of nitrogens with zero attached hydrogens (tertiary/aromatic N) is 1. The number of furan rings is 1. The molecule has 0 radical (unpaired) electrons. The molecule has 0 saturated carbocycles. The highest BCUT2D eigenvalue weighted by molar-refractivity contribution is 7.92. The van der Waals surface area contributed by atoms with E-state index in [-0.39, 0.29) is 0 Å². The summed E-state index contributed by atoms with van der Waals surface area (Å²) in [6.07, 6.45) is 3.48. The van der Waals surface area contributed by atoms with Gasteiger partial charge in [-0.15, -0.1) is 0 Å². The number of hydrogen-bond donors (Lipinski definition) is 2. The van der Waals surface area contributed by atoms with Crippen molar-refractivity contribution in [3.8, 4) is 11.1 Å². The lowest BCUT2D eigenvalue weighted by atomic mass is 9.98. The average Bonchev–Trinajstić information content (AvgIpc) is 3.07. The molecule has 2 aromatic heterocycles. The van der Waals surface area contributed by atoms with Crippen LogP contribution in [0.25, 0.3) is 11.1 Å². The number of nitrogens with one attached hydrogen (secondary N) is 1. The third-order valence-electron chi connectivity index (χ3n) is 3.86. The summed E-state index contributed by atoms with van der Waals surface area (Å²) in [6.45, 7) is 3.85. The lowest BCUT2D eigenvalue weighted by molar-refractivity contribution is 0.0656. The van der Waals surface area contributed by atoms with E-state index in [1.54, 1.807) is 24.5 Å². The molecular formula is C18H16N2O5S. The summed E-state index contributed by atoms with van der Waals surface area (Å²) in [5.74, 6) is -1.78. The molecule has 0 aliphatic carbocycles. The van der Waals surface area contributed by atoms with E-state index in [1.807, 2.05) is 26.0 Å². The number of sulfonamides is 1. The molecule has 0 aliphatic rings. The first-order valence-corrected chi connectivity index (χ1v) is 9.14. The van der Waals surface area contributed by atoms with E-state index < -0.39 is 26.8 Å². The van der Waals surface area contributed by atoms with E-state index in [0.717, 1.165) is 34.4 Å². The lowest BCUT2D eigenvalue weighted by Crippen LogP contribution is -2.12. The second-order valence-corrected chi connectivity index (χ2v) is 7.36. The van der Waals surface area contributed by atoms with Gasteiger partial charge in [-0.25, -0.2) is 4.79 Å². The smallest absolute Gasteiger partial charge is 0.371 e. The SMILES string of the molecule is Cc1cc(NS(=O)(=O)c2ccc(C(=O)O)o2)ccc1-c1cnccc1C. The molecule has 2 heterocycles. The number of benzene rings is 1. The summed E-state index contributed by atoms with van der Waals surface area (Å²) in [5, 5.41) is 8.38. The first-order chi connectivity index (χ1) is 12.3. The van der Waals surface area contributed by atoms with E-state index >= 15 is 0 Å². The summed E-state index contributed by atoms with van der Waals surface area (Å²) in [4.78, 5) is 15.0. The third-order valence-corrected chi connectivity index (χ3v) is 5.12. The number of carbonyl (C=O) groups is 1. The zero-order valence-electron chi connectivity index (χ0n) is 14.1. The number of rotatable bonds is 5. The average molecular weight is 372 g/mol.